The van der Waals surface area contributed by atoms with Crippen molar-refractivity contribution in [3.05, 3.63) is 205 Å². The van der Waals surface area contributed by atoms with E-state index >= 15 is 0 Å². The van der Waals surface area contributed by atoms with E-state index in [0.717, 1.165) is 39.2 Å². The lowest BCUT2D eigenvalue weighted by molar-refractivity contribution is 0.661. The molecule has 0 saturated carbocycles. The number of aromatic nitrogens is 2. The van der Waals surface area contributed by atoms with Gasteiger partial charge in [0.15, 0.2) is 5.82 Å². The summed E-state index contributed by atoms with van der Waals surface area (Å²) in [5.41, 5.74) is 17.4. The number of hydrogen-bond donors (Lipinski definition) is 0. The first-order valence-electron chi connectivity index (χ1n) is 19.0. The van der Waals surface area contributed by atoms with Gasteiger partial charge in [0, 0.05) is 22.1 Å². The van der Waals surface area contributed by atoms with Gasteiger partial charge in [-0.25, -0.2) is 9.97 Å². The van der Waals surface area contributed by atoms with E-state index in [4.69, 9.17) is 9.97 Å². The summed E-state index contributed by atoms with van der Waals surface area (Å²) in [6.07, 6.45) is 0. The summed E-state index contributed by atoms with van der Waals surface area (Å²) in [6, 6.07) is 69.6. The second-order valence-corrected chi connectivity index (χ2v) is 15.1. The molecular formula is C53H38N2. The second kappa shape index (κ2) is 13.2. The lowest BCUT2D eigenvalue weighted by atomic mass is 9.81. The molecule has 1 aliphatic carbocycles. The molecule has 0 N–H and O–H groups in total. The first-order valence-corrected chi connectivity index (χ1v) is 19.0. The highest BCUT2D eigenvalue weighted by Crippen LogP contribution is 2.51. The Morgan fingerprint density at radius 1 is 0.309 bits per heavy atom. The Hall–Kier alpha value is -6.90. The molecule has 9 aromatic rings. The highest BCUT2D eigenvalue weighted by Gasteiger charge is 2.35. The Labute approximate surface area is 322 Å². The maximum atomic E-state index is 5.15. The fourth-order valence-electron chi connectivity index (χ4n) is 8.26. The largest absolute Gasteiger partial charge is 0.228 e. The van der Waals surface area contributed by atoms with Crippen molar-refractivity contribution in [3.8, 4) is 78.4 Å². The minimum absolute atomic E-state index is 0.0415. The van der Waals surface area contributed by atoms with Crippen LogP contribution in [0.1, 0.15) is 25.0 Å². The summed E-state index contributed by atoms with van der Waals surface area (Å²) in [5, 5.41) is 2.58. The monoisotopic (exact) mass is 702 g/mol. The van der Waals surface area contributed by atoms with Crippen LogP contribution in [-0.2, 0) is 5.41 Å². The van der Waals surface area contributed by atoms with Gasteiger partial charge in [-0.15, -0.1) is 0 Å². The average molecular weight is 703 g/mol. The van der Waals surface area contributed by atoms with Crippen LogP contribution >= 0.6 is 0 Å². The highest BCUT2D eigenvalue weighted by atomic mass is 14.9. The summed E-state index contributed by atoms with van der Waals surface area (Å²) in [6.45, 7) is 4.70. The van der Waals surface area contributed by atoms with Crippen molar-refractivity contribution in [1.82, 2.24) is 9.97 Å². The Morgan fingerprint density at radius 3 is 1.40 bits per heavy atom. The first kappa shape index (κ1) is 32.7. The van der Waals surface area contributed by atoms with Gasteiger partial charge >= 0.3 is 0 Å². The van der Waals surface area contributed by atoms with Crippen LogP contribution in [0.4, 0.5) is 0 Å². The SMILES string of the molecule is CC1(C)c2ccc(-c3ccc(-c4cccc(-c5nc(-c6ccccc6)cc(-c6ccc(-c7ccccc7)cc6)n5)c4)cc3)cc2-c2cc3ccccc3cc21. The number of hydrogen-bond acceptors (Lipinski definition) is 2. The van der Waals surface area contributed by atoms with Gasteiger partial charge in [-0.2, -0.15) is 0 Å². The van der Waals surface area contributed by atoms with Gasteiger partial charge in [-0.3, -0.25) is 0 Å². The molecule has 1 heterocycles. The van der Waals surface area contributed by atoms with Crippen LogP contribution in [0.5, 0.6) is 0 Å². The molecule has 260 valence electrons. The maximum absolute atomic E-state index is 5.15. The van der Waals surface area contributed by atoms with E-state index in [2.05, 4.69) is 196 Å². The van der Waals surface area contributed by atoms with Crippen molar-refractivity contribution < 1.29 is 0 Å². The van der Waals surface area contributed by atoms with Crippen LogP contribution in [0.25, 0.3) is 89.2 Å². The maximum Gasteiger partial charge on any atom is 0.160 e. The average Bonchev–Trinajstić information content (AvgIpc) is 3.47. The minimum Gasteiger partial charge on any atom is -0.228 e. The molecule has 0 unspecified atom stereocenters. The van der Waals surface area contributed by atoms with Gasteiger partial charge in [0.1, 0.15) is 0 Å². The Balaban J connectivity index is 0.981. The van der Waals surface area contributed by atoms with Crippen molar-refractivity contribution in [1.29, 1.82) is 0 Å². The molecule has 0 radical (unpaired) electrons. The normalized spacial score (nSPS) is 12.7. The third kappa shape index (κ3) is 5.93. The predicted molar refractivity (Wildman–Crippen MR) is 230 cm³/mol. The summed E-state index contributed by atoms with van der Waals surface area (Å²) in [5.74, 6) is 0.705. The molecule has 8 aromatic carbocycles. The van der Waals surface area contributed by atoms with Crippen molar-refractivity contribution in [2.24, 2.45) is 0 Å². The molecule has 2 nitrogen and oxygen atoms in total. The molecule has 0 amide bonds. The van der Waals surface area contributed by atoms with Crippen molar-refractivity contribution in [3.63, 3.8) is 0 Å². The summed E-state index contributed by atoms with van der Waals surface area (Å²) in [4.78, 5) is 10.3. The number of benzene rings is 8. The molecule has 2 heteroatoms. The third-order valence-electron chi connectivity index (χ3n) is 11.3. The van der Waals surface area contributed by atoms with E-state index in [1.165, 1.54) is 55.3 Å². The van der Waals surface area contributed by atoms with Crippen LogP contribution in [0.3, 0.4) is 0 Å². The molecular weight excluding hydrogens is 665 g/mol. The van der Waals surface area contributed by atoms with Crippen LogP contribution in [-0.4, -0.2) is 9.97 Å². The topological polar surface area (TPSA) is 25.8 Å². The van der Waals surface area contributed by atoms with Gasteiger partial charge in [0.2, 0.25) is 0 Å². The molecule has 1 aliphatic rings. The number of rotatable bonds is 6. The molecule has 0 aliphatic heterocycles. The smallest absolute Gasteiger partial charge is 0.160 e. The molecule has 0 saturated heterocycles. The van der Waals surface area contributed by atoms with Crippen LogP contribution in [0.15, 0.2) is 194 Å². The fraction of sp³-hybridized carbons (Fsp3) is 0.0566. The molecule has 0 spiro atoms. The molecule has 1 aromatic heterocycles. The molecule has 0 bridgehead atoms. The fourth-order valence-corrected chi connectivity index (χ4v) is 8.26. The Kier molecular flexibility index (Phi) is 7.85. The third-order valence-corrected chi connectivity index (χ3v) is 11.3. The van der Waals surface area contributed by atoms with E-state index in [1.807, 2.05) is 12.1 Å². The quantitative estimate of drug-likeness (QED) is 0.172. The molecule has 55 heavy (non-hydrogen) atoms. The van der Waals surface area contributed by atoms with Crippen molar-refractivity contribution in [2.45, 2.75) is 19.3 Å². The zero-order valence-electron chi connectivity index (χ0n) is 30.9. The zero-order chi connectivity index (χ0) is 36.9. The Morgan fingerprint density at radius 2 is 0.745 bits per heavy atom. The van der Waals surface area contributed by atoms with Gasteiger partial charge in [-0.05, 0) is 96.7 Å². The lowest BCUT2D eigenvalue weighted by Crippen LogP contribution is -2.14. The zero-order valence-corrected chi connectivity index (χ0v) is 30.9. The summed E-state index contributed by atoms with van der Waals surface area (Å²) < 4.78 is 0. The van der Waals surface area contributed by atoms with Gasteiger partial charge in [0.25, 0.3) is 0 Å². The molecule has 10 rings (SSSR count). The van der Waals surface area contributed by atoms with Gasteiger partial charge in [0.05, 0.1) is 11.4 Å². The van der Waals surface area contributed by atoms with Crippen LogP contribution < -0.4 is 0 Å². The molecule has 0 fully saturated rings. The van der Waals surface area contributed by atoms with E-state index in [-0.39, 0.29) is 5.41 Å². The van der Waals surface area contributed by atoms with E-state index in [1.54, 1.807) is 0 Å². The predicted octanol–water partition coefficient (Wildman–Crippen LogP) is 13.9. The highest BCUT2D eigenvalue weighted by molar-refractivity contribution is 5.94. The molecule has 0 atom stereocenters. The first-order chi connectivity index (χ1) is 27.0. The van der Waals surface area contributed by atoms with E-state index < -0.39 is 0 Å². The standard InChI is InChI=1S/C53H38N2/c1-53(2)48-29-28-44(32-46(48)47-31-42-16-9-10-17-43(42)33-49(47)53)38-22-20-37(21-23-38)41-18-11-19-45(30-41)52-54-50(39-14-7-4-8-15-39)34-51(55-52)40-26-24-36(25-27-40)35-12-5-3-6-13-35/h3-34H,1-2H3. The van der Waals surface area contributed by atoms with Gasteiger partial charge < -0.3 is 0 Å². The van der Waals surface area contributed by atoms with Crippen LogP contribution in [0.2, 0.25) is 0 Å². The second-order valence-electron chi connectivity index (χ2n) is 15.1. The Bertz CT molecular complexity index is 2850. The van der Waals surface area contributed by atoms with E-state index in [0.29, 0.717) is 5.82 Å². The minimum atomic E-state index is -0.0415. The van der Waals surface area contributed by atoms with Gasteiger partial charge in [-0.1, -0.05) is 178 Å². The van der Waals surface area contributed by atoms with E-state index in [9.17, 15) is 0 Å². The van der Waals surface area contributed by atoms with Crippen molar-refractivity contribution >= 4 is 10.8 Å². The number of fused-ring (bicyclic) bond motifs is 4. The van der Waals surface area contributed by atoms with Crippen LogP contribution in [0, 0.1) is 0 Å². The summed E-state index contributed by atoms with van der Waals surface area (Å²) >= 11 is 0. The van der Waals surface area contributed by atoms with Crippen molar-refractivity contribution in [2.75, 3.05) is 0 Å². The number of nitrogens with zero attached hydrogens (tertiary/aromatic N) is 2. The summed E-state index contributed by atoms with van der Waals surface area (Å²) in [7, 11) is 0. The lowest BCUT2D eigenvalue weighted by Gasteiger charge is -2.22.